The van der Waals surface area contributed by atoms with E-state index in [1.807, 2.05) is 0 Å². The zero-order valence-electron chi connectivity index (χ0n) is 13.4. The van der Waals surface area contributed by atoms with Crippen LogP contribution in [0.1, 0.15) is 49.1 Å². The number of aryl methyl sites for hydroxylation is 1. The van der Waals surface area contributed by atoms with Crippen molar-refractivity contribution in [2.24, 2.45) is 12.8 Å². The Hall–Kier alpha value is -1.48. The Morgan fingerprint density at radius 3 is 2.64 bits per heavy atom. The molecule has 2 aromatic rings. The molecule has 0 amide bonds. The average Bonchev–Trinajstić information content (AvgIpc) is 2.84. The van der Waals surface area contributed by atoms with Gasteiger partial charge in [-0.25, -0.2) is 0 Å². The lowest BCUT2D eigenvalue weighted by Gasteiger charge is -2.42. The fourth-order valence-corrected chi connectivity index (χ4v) is 5.17. The van der Waals surface area contributed by atoms with Crippen LogP contribution >= 0.6 is 0 Å². The minimum Gasteiger partial charge on any atom is -0.358 e. The quantitative estimate of drug-likeness (QED) is 0.923. The van der Waals surface area contributed by atoms with Crippen molar-refractivity contribution in [1.29, 1.82) is 0 Å². The Morgan fingerprint density at radius 1 is 1.23 bits per heavy atom. The molecule has 0 spiro atoms. The first-order valence-corrected chi connectivity index (χ1v) is 8.81. The van der Waals surface area contributed by atoms with Crippen LogP contribution in [0, 0.1) is 0 Å². The Bertz CT molecular complexity index is 740. The van der Waals surface area contributed by atoms with Gasteiger partial charge in [0.2, 0.25) is 0 Å². The molecular formula is C19H25N3. The van der Waals surface area contributed by atoms with Gasteiger partial charge in [-0.15, -0.1) is 0 Å². The number of hydrogen-bond donors (Lipinski definition) is 1. The summed E-state index contributed by atoms with van der Waals surface area (Å²) in [4.78, 5) is 2.59. The Labute approximate surface area is 132 Å². The molecule has 2 N–H and O–H groups in total. The van der Waals surface area contributed by atoms with E-state index in [0.29, 0.717) is 0 Å². The second-order valence-electron chi connectivity index (χ2n) is 7.63. The lowest BCUT2D eigenvalue weighted by Crippen LogP contribution is -2.41. The molecule has 0 radical (unpaired) electrons. The summed E-state index contributed by atoms with van der Waals surface area (Å²) in [5.74, 6) is 2.26. The van der Waals surface area contributed by atoms with Crippen LogP contribution in [0.5, 0.6) is 0 Å². The summed E-state index contributed by atoms with van der Waals surface area (Å²) in [6.07, 6.45) is 6.52. The SMILES string of the molecule is Cn1c2c(c3cc(C4(CN)CCC4)ccc31)C1CCN2CC1. The van der Waals surface area contributed by atoms with Gasteiger partial charge in [0, 0.05) is 48.6 Å². The predicted octanol–water partition coefficient (Wildman–Crippen LogP) is 3.26. The highest BCUT2D eigenvalue weighted by Gasteiger charge is 2.39. The molecule has 1 aliphatic carbocycles. The molecule has 4 heterocycles. The topological polar surface area (TPSA) is 34.2 Å². The van der Waals surface area contributed by atoms with Crippen LogP contribution in [0.25, 0.3) is 10.9 Å². The van der Waals surface area contributed by atoms with Gasteiger partial charge in [-0.3, -0.25) is 0 Å². The zero-order chi connectivity index (χ0) is 14.9. The van der Waals surface area contributed by atoms with Crippen molar-refractivity contribution in [2.45, 2.75) is 43.4 Å². The van der Waals surface area contributed by atoms with E-state index in [9.17, 15) is 0 Å². The molecule has 2 fully saturated rings. The molecule has 1 saturated carbocycles. The second-order valence-corrected chi connectivity index (χ2v) is 7.63. The molecule has 3 aliphatic heterocycles. The summed E-state index contributed by atoms with van der Waals surface area (Å²) < 4.78 is 2.43. The van der Waals surface area contributed by atoms with Gasteiger partial charge in [0.05, 0.1) is 0 Å². The van der Waals surface area contributed by atoms with Crippen LogP contribution in [-0.4, -0.2) is 24.2 Å². The minimum atomic E-state index is 0.269. The molecule has 6 rings (SSSR count). The Balaban J connectivity index is 1.75. The van der Waals surface area contributed by atoms with Gasteiger partial charge in [0.15, 0.2) is 0 Å². The fourth-order valence-electron chi connectivity index (χ4n) is 5.17. The molecule has 116 valence electrons. The highest BCUT2D eigenvalue weighted by atomic mass is 15.3. The number of rotatable bonds is 2. The van der Waals surface area contributed by atoms with Gasteiger partial charge in [0.1, 0.15) is 5.82 Å². The molecule has 1 saturated heterocycles. The van der Waals surface area contributed by atoms with E-state index in [2.05, 4.69) is 34.7 Å². The number of aromatic nitrogens is 1. The van der Waals surface area contributed by atoms with E-state index in [-0.39, 0.29) is 5.41 Å². The number of hydrogen-bond acceptors (Lipinski definition) is 2. The zero-order valence-corrected chi connectivity index (χ0v) is 13.4. The van der Waals surface area contributed by atoms with Gasteiger partial charge >= 0.3 is 0 Å². The van der Waals surface area contributed by atoms with Gasteiger partial charge in [-0.05, 0) is 49.3 Å². The van der Waals surface area contributed by atoms with Gasteiger partial charge in [0.25, 0.3) is 0 Å². The summed E-state index contributed by atoms with van der Waals surface area (Å²) in [5.41, 5.74) is 10.9. The lowest BCUT2D eigenvalue weighted by atomic mass is 9.64. The van der Waals surface area contributed by atoms with Crippen LogP contribution in [0.2, 0.25) is 0 Å². The summed E-state index contributed by atoms with van der Waals surface area (Å²) in [7, 11) is 2.24. The number of nitrogens with zero attached hydrogens (tertiary/aromatic N) is 2. The summed E-state index contributed by atoms with van der Waals surface area (Å²) in [5, 5.41) is 1.50. The maximum absolute atomic E-state index is 6.13. The van der Waals surface area contributed by atoms with Crippen LogP contribution in [0.3, 0.4) is 0 Å². The van der Waals surface area contributed by atoms with Crippen molar-refractivity contribution < 1.29 is 0 Å². The lowest BCUT2D eigenvalue weighted by molar-refractivity contribution is 0.253. The summed E-state index contributed by atoms with van der Waals surface area (Å²) in [6, 6.07) is 7.18. The molecule has 2 bridgehead atoms. The molecular weight excluding hydrogens is 270 g/mol. The van der Waals surface area contributed by atoms with E-state index >= 15 is 0 Å². The van der Waals surface area contributed by atoms with Crippen molar-refractivity contribution in [3.63, 3.8) is 0 Å². The van der Waals surface area contributed by atoms with Crippen molar-refractivity contribution in [3.8, 4) is 0 Å². The second kappa shape index (κ2) is 4.29. The van der Waals surface area contributed by atoms with Gasteiger partial charge in [-0.1, -0.05) is 12.5 Å². The monoisotopic (exact) mass is 295 g/mol. The molecule has 22 heavy (non-hydrogen) atoms. The third-order valence-electron chi connectivity index (χ3n) is 6.72. The first-order chi connectivity index (χ1) is 10.7. The predicted molar refractivity (Wildman–Crippen MR) is 91.7 cm³/mol. The molecule has 3 nitrogen and oxygen atoms in total. The summed E-state index contributed by atoms with van der Waals surface area (Å²) in [6.45, 7) is 3.27. The molecule has 0 atom stereocenters. The maximum atomic E-state index is 6.13. The molecule has 0 unspecified atom stereocenters. The van der Waals surface area contributed by atoms with E-state index in [0.717, 1.165) is 12.5 Å². The standard InChI is InChI=1S/C19H25N3/c1-21-16-4-3-14(19(12-20)7-2-8-19)11-15(16)17-13-5-9-22(10-6-13)18(17)21/h3-4,11,13H,2,5-10,12,20H2,1H3. The molecule has 3 heteroatoms. The van der Waals surface area contributed by atoms with Crippen molar-refractivity contribution in [2.75, 3.05) is 24.5 Å². The molecule has 1 aromatic carbocycles. The van der Waals surface area contributed by atoms with E-state index in [4.69, 9.17) is 5.73 Å². The van der Waals surface area contributed by atoms with Gasteiger partial charge in [-0.2, -0.15) is 0 Å². The molecule has 1 aromatic heterocycles. The van der Waals surface area contributed by atoms with Crippen molar-refractivity contribution in [3.05, 3.63) is 29.3 Å². The number of anilines is 1. The average molecular weight is 295 g/mol. The summed E-state index contributed by atoms with van der Waals surface area (Å²) >= 11 is 0. The number of piperidine rings is 1. The number of nitrogens with two attached hydrogens (primary N) is 1. The fraction of sp³-hybridized carbons (Fsp3) is 0.579. The van der Waals surface area contributed by atoms with Gasteiger partial charge < -0.3 is 15.2 Å². The maximum Gasteiger partial charge on any atom is 0.112 e. The molecule has 4 aliphatic rings. The normalized spacial score (nSPS) is 22.9. The van der Waals surface area contributed by atoms with E-state index in [1.54, 1.807) is 5.56 Å². The Kier molecular flexibility index (Phi) is 2.53. The van der Waals surface area contributed by atoms with Crippen molar-refractivity contribution in [1.82, 2.24) is 4.57 Å². The van der Waals surface area contributed by atoms with E-state index < -0.39 is 0 Å². The largest absolute Gasteiger partial charge is 0.358 e. The smallest absolute Gasteiger partial charge is 0.112 e. The Morgan fingerprint density at radius 2 is 2.00 bits per heavy atom. The van der Waals surface area contributed by atoms with Crippen molar-refractivity contribution >= 4 is 16.7 Å². The van der Waals surface area contributed by atoms with Crippen LogP contribution in [0.15, 0.2) is 18.2 Å². The highest BCUT2D eigenvalue weighted by Crippen LogP contribution is 2.49. The first-order valence-electron chi connectivity index (χ1n) is 8.81. The number of benzene rings is 1. The first kappa shape index (κ1) is 13.0. The van der Waals surface area contributed by atoms with Crippen LogP contribution in [-0.2, 0) is 12.5 Å². The highest BCUT2D eigenvalue weighted by molar-refractivity contribution is 5.92. The third-order valence-corrected chi connectivity index (χ3v) is 6.72. The van der Waals surface area contributed by atoms with Crippen LogP contribution < -0.4 is 10.6 Å². The minimum absolute atomic E-state index is 0.269. The number of fused-ring (bicyclic) bond motifs is 3. The third kappa shape index (κ3) is 1.45. The van der Waals surface area contributed by atoms with E-state index in [1.165, 1.54) is 67.5 Å². The van der Waals surface area contributed by atoms with Crippen LogP contribution in [0.4, 0.5) is 5.82 Å².